The highest BCUT2D eigenvalue weighted by Gasteiger charge is 2.14. The molecule has 12 heteroatoms. The Balaban J connectivity index is 1.19. The zero-order valence-electron chi connectivity index (χ0n) is 18.1. The Morgan fingerprint density at radius 1 is 1.19 bits per heavy atom. The van der Waals surface area contributed by atoms with Crippen LogP contribution < -0.4 is 15.8 Å². The van der Waals surface area contributed by atoms with Gasteiger partial charge in [-0.05, 0) is 43.5 Å². The highest BCUT2D eigenvalue weighted by atomic mass is 32.2. The highest BCUT2D eigenvalue weighted by Crippen LogP contribution is 2.28. The van der Waals surface area contributed by atoms with E-state index in [0.717, 1.165) is 68.7 Å². The van der Waals surface area contributed by atoms with Crippen LogP contribution in [0.5, 0.6) is 5.75 Å². The first kappa shape index (κ1) is 22.9. The summed E-state index contributed by atoms with van der Waals surface area (Å²) in [5.74, 6) is 1.15. The van der Waals surface area contributed by atoms with Crippen molar-refractivity contribution in [1.29, 1.82) is 0 Å². The smallest absolute Gasteiger partial charge is 0.236 e. The lowest BCUT2D eigenvalue weighted by Crippen LogP contribution is -2.40. The third-order valence-corrected chi connectivity index (χ3v) is 6.45. The van der Waals surface area contributed by atoms with Gasteiger partial charge in [0.2, 0.25) is 16.2 Å². The molecule has 10 nitrogen and oxygen atoms in total. The molecule has 0 spiro atoms. The summed E-state index contributed by atoms with van der Waals surface area (Å²) in [4.78, 5) is 6.60. The molecule has 0 amide bonds. The Hall–Kier alpha value is -2.25. The van der Waals surface area contributed by atoms with E-state index in [9.17, 15) is 0 Å². The minimum atomic E-state index is 0.302. The molecular weight excluding hydrogens is 448 g/mol. The third kappa shape index (κ3) is 6.17. The molecule has 3 N–H and O–H groups in total. The van der Waals surface area contributed by atoms with Crippen molar-refractivity contribution in [3.8, 4) is 21.5 Å². The number of aromatic nitrogens is 5. The zero-order valence-corrected chi connectivity index (χ0v) is 19.7. The number of nitrogens with two attached hydrogens (primary N) is 1. The molecule has 0 bridgehead atoms. The van der Waals surface area contributed by atoms with Crippen molar-refractivity contribution in [3.63, 3.8) is 0 Å². The second-order valence-corrected chi connectivity index (χ2v) is 8.92. The number of nitrogens with one attached hydrogen (secondary N) is 1. The van der Waals surface area contributed by atoms with Crippen LogP contribution >= 0.6 is 23.1 Å². The average molecular weight is 477 g/mol. The summed E-state index contributed by atoms with van der Waals surface area (Å²) in [7, 11) is 0. The van der Waals surface area contributed by atoms with Crippen LogP contribution in [0.2, 0.25) is 0 Å². The second kappa shape index (κ2) is 11.6. The predicted molar refractivity (Wildman–Crippen MR) is 127 cm³/mol. The monoisotopic (exact) mass is 476 g/mol. The minimum absolute atomic E-state index is 0.302. The number of anilines is 1. The topological polar surface area (TPSA) is 116 Å². The fraction of sp³-hybridized carbons (Fsp3) is 0.500. The number of nitrogens with zero attached hydrogens (tertiary/aromatic N) is 6. The second-order valence-electron chi connectivity index (χ2n) is 7.19. The predicted octanol–water partition coefficient (Wildman–Crippen LogP) is 1.78. The van der Waals surface area contributed by atoms with E-state index >= 15 is 0 Å². The van der Waals surface area contributed by atoms with Gasteiger partial charge in [0.15, 0.2) is 0 Å². The number of rotatable bonds is 11. The fourth-order valence-electron chi connectivity index (χ4n) is 3.22. The van der Waals surface area contributed by atoms with Gasteiger partial charge in [0.1, 0.15) is 10.8 Å². The van der Waals surface area contributed by atoms with Crippen LogP contribution in [-0.4, -0.2) is 88.7 Å². The molecule has 3 aromatic rings. The van der Waals surface area contributed by atoms with Gasteiger partial charge in [-0.3, -0.25) is 4.90 Å². The van der Waals surface area contributed by atoms with Crippen molar-refractivity contribution in [2.24, 2.45) is 0 Å². The number of nitrogen functional groups attached to an aromatic ring is 1. The summed E-state index contributed by atoms with van der Waals surface area (Å²) in [6.45, 7) is 7.46. The largest absolute Gasteiger partial charge is 0.494 e. The number of benzene rings is 1. The maximum Gasteiger partial charge on any atom is 0.236 e. The Kier molecular flexibility index (Phi) is 8.29. The van der Waals surface area contributed by atoms with Gasteiger partial charge in [-0.15, -0.1) is 15.3 Å². The number of hydrogen-bond donors (Lipinski definition) is 2. The molecule has 1 fully saturated rings. The van der Waals surface area contributed by atoms with Crippen LogP contribution in [-0.2, 0) is 4.74 Å². The van der Waals surface area contributed by atoms with Crippen molar-refractivity contribution in [1.82, 2.24) is 35.2 Å². The third-order valence-electron chi connectivity index (χ3n) is 4.97. The average Bonchev–Trinajstić information content (AvgIpc) is 3.46. The van der Waals surface area contributed by atoms with Crippen LogP contribution in [0.3, 0.4) is 0 Å². The number of ether oxygens (including phenoxy) is 2. The summed E-state index contributed by atoms with van der Waals surface area (Å²) in [5, 5.41) is 18.2. The van der Waals surface area contributed by atoms with Gasteiger partial charge in [0.25, 0.3) is 0 Å². The molecule has 0 unspecified atom stereocenters. The van der Waals surface area contributed by atoms with Crippen LogP contribution in [0.15, 0.2) is 29.4 Å². The first-order valence-corrected chi connectivity index (χ1v) is 12.6. The standard InChI is InChI=1S/C20H28N8O2S2/c1-31-19-23-18(21)28(26-19)20-25-24-17(32-20)15-3-5-16(6-4-15)30-12-2-7-22-8-9-27-10-13-29-14-11-27/h3-6,22H,2,7-14H2,1H3,(H2,21,23,26). The summed E-state index contributed by atoms with van der Waals surface area (Å²) >= 11 is 2.84. The first-order chi connectivity index (χ1) is 15.7. The number of morpholine rings is 1. The van der Waals surface area contributed by atoms with E-state index in [0.29, 0.717) is 22.8 Å². The van der Waals surface area contributed by atoms with Gasteiger partial charge in [-0.2, -0.15) is 9.67 Å². The molecule has 1 aliphatic heterocycles. The van der Waals surface area contributed by atoms with Gasteiger partial charge in [-0.1, -0.05) is 23.1 Å². The minimum Gasteiger partial charge on any atom is -0.494 e. The summed E-state index contributed by atoms with van der Waals surface area (Å²) in [6, 6.07) is 7.88. The maximum absolute atomic E-state index is 5.92. The van der Waals surface area contributed by atoms with Crippen LogP contribution in [0.25, 0.3) is 15.7 Å². The quantitative estimate of drug-likeness (QED) is 0.313. The maximum atomic E-state index is 5.92. The van der Waals surface area contributed by atoms with E-state index in [1.165, 1.54) is 27.8 Å². The SMILES string of the molecule is CSc1nc(N)n(-c2nnc(-c3ccc(OCCCNCCN4CCOCC4)cc3)s2)n1. The lowest BCUT2D eigenvalue weighted by Gasteiger charge is -2.26. The van der Waals surface area contributed by atoms with Gasteiger partial charge in [0.05, 0.1) is 19.8 Å². The van der Waals surface area contributed by atoms with Gasteiger partial charge < -0.3 is 20.5 Å². The summed E-state index contributed by atoms with van der Waals surface area (Å²) < 4.78 is 12.7. The molecule has 0 aliphatic carbocycles. The molecule has 0 atom stereocenters. The van der Waals surface area contributed by atoms with Gasteiger partial charge in [0, 0.05) is 31.7 Å². The van der Waals surface area contributed by atoms with E-state index in [4.69, 9.17) is 15.2 Å². The molecular formula is C20H28N8O2S2. The molecule has 1 saturated heterocycles. The van der Waals surface area contributed by atoms with Crippen LogP contribution in [0.1, 0.15) is 6.42 Å². The normalized spacial score (nSPS) is 14.7. The molecule has 2 aromatic heterocycles. The van der Waals surface area contributed by atoms with Crippen molar-refractivity contribution in [3.05, 3.63) is 24.3 Å². The Labute approximate surface area is 195 Å². The lowest BCUT2D eigenvalue weighted by molar-refractivity contribution is 0.0384. The number of thioether (sulfide) groups is 1. The molecule has 4 rings (SSSR count). The summed E-state index contributed by atoms with van der Waals surface area (Å²) in [6.07, 6.45) is 2.86. The molecule has 32 heavy (non-hydrogen) atoms. The van der Waals surface area contributed by atoms with E-state index in [1.54, 1.807) is 0 Å². The fourth-order valence-corrected chi connectivity index (χ4v) is 4.38. The molecule has 3 heterocycles. The molecule has 0 saturated carbocycles. The first-order valence-electron chi connectivity index (χ1n) is 10.6. The molecule has 1 aromatic carbocycles. The molecule has 0 radical (unpaired) electrons. The van der Waals surface area contributed by atoms with Crippen molar-refractivity contribution >= 4 is 29.0 Å². The lowest BCUT2D eigenvalue weighted by atomic mass is 10.2. The van der Waals surface area contributed by atoms with E-state index in [-0.39, 0.29) is 0 Å². The Morgan fingerprint density at radius 3 is 2.75 bits per heavy atom. The van der Waals surface area contributed by atoms with Crippen molar-refractivity contribution in [2.45, 2.75) is 11.6 Å². The summed E-state index contributed by atoms with van der Waals surface area (Å²) in [5.41, 5.74) is 6.89. The highest BCUT2D eigenvalue weighted by molar-refractivity contribution is 7.98. The molecule has 1 aliphatic rings. The Morgan fingerprint density at radius 2 is 2.00 bits per heavy atom. The van der Waals surface area contributed by atoms with E-state index in [2.05, 4.69) is 30.5 Å². The number of hydrogen-bond acceptors (Lipinski definition) is 11. The van der Waals surface area contributed by atoms with E-state index < -0.39 is 0 Å². The van der Waals surface area contributed by atoms with E-state index in [1.807, 2.05) is 30.5 Å². The van der Waals surface area contributed by atoms with Crippen LogP contribution in [0.4, 0.5) is 5.95 Å². The van der Waals surface area contributed by atoms with Gasteiger partial charge in [-0.25, -0.2) is 0 Å². The van der Waals surface area contributed by atoms with Crippen molar-refractivity contribution < 1.29 is 9.47 Å². The Bertz CT molecular complexity index is 972. The zero-order chi connectivity index (χ0) is 22.2. The van der Waals surface area contributed by atoms with Gasteiger partial charge >= 0.3 is 0 Å². The molecule has 172 valence electrons. The van der Waals surface area contributed by atoms with Crippen molar-refractivity contribution in [2.75, 3.05) is 64.5 Å². The van der Waals surface area contributed by atoms with Crippen LogP contribution in [0, 0.1) is 0 Å².